The maximum Gasteiger partial charge on any atom is 0.326 e. The maximum absolute atomic E-state index is 14.1. The Bertz CT molecular complexity index is 1360. The highest BCUT2D eigenvalue weighted by Crippen LogP contribution is 2.35. The molecule has 2 atom stereocenters. The van der Waals surface area contributed by atoms with Gasteiger partial charge in [-0.1, -0.05) is 36.4 Å². The molecule has 3 amide bonds. The van der Waals surface area contributed by atoms with Gasteiger partial charge in [-0.25, -0.2) is 14.8 Å². The van der Waals surface area contributed by atoms with E-state index >= 15 is 0 Å². The lowest BCUT2D eigenvalue weighted by molar-refractivity contribution is -0.117. The summed E-state index contributed by atoms with van der Waals surface area (Å²) in [6.45, 7) is 3.57. The first-order chi connectivity index (χ1) is 19.4. The molecular formula is C29H36N8O2S. The van der Waals surface area contributed by atoms with E-state index in [1.807, 2.05) is 77.5 Å². The van der Waals surface area contributed by atoms with Crippen molar-refractivity contribution in [1.82, 2.24) is 30.1 Å². The number of aromatic nitrogens is 3. The van der Waals surface area contributed by atoms with Gasteiger partial charge in [-0.2, -0.15) is 4.98 Å². The van der Waals surface area contributed by atoms with Gasteiger partial charge in [0.1, 0.15) is 5.82 Å². The van der Waals surface area contributed by atoms with Crippen LogP contribution in [0.25, 0.3) is 0 Å². The van der Waals surface area contributed by atoms with Crippen LogP contribution in [0.3, 0.4) is 0 Å². The Morgan fingerprint density at radius 1 is 1.20 bits per heavy atom. The van der Waals surface area contributed by atoms with Crippen molar-refractivity contribution in [3.8, 4) is 0 Å². The van der Waals surface area contributed by atoms with E-state index in [0.29, 0.717) is 43.0 Å². The Kier molecular flexibility index (Phi) is 8.71. The van der Waals surface area contributed by atoms with E-state index in [0.717, 1.165) is 36.1 Å². The molecule has 0 saturated heterocycles. The Morgan fingerprint density at radius 2 is 2.02 bits per heavy atom. The van der Waals surface area contributed by atoms with Crippen molar-refractivity contribution in [3.05, 3.63) is 70.9 Å². The minimum Gasteiger partial charge on any atom is -0.350 e. The fourth-order valence-electron chi connectivity index (χ4n) is 5.21. The van der Waals surface area contributed by atoms with Crippen LogP contribution in [-0.4, -0.2) is 69.4 Å². The van der Waals surface area contributed by atoms with Crippen LogP contribution in [0.15, 0.2) is 54.1 Å². The third-order valence-electron chi connectivity index (χ3n) is 7.06. The molecule has 210 valence electrons. The maximum atomic E-state index is 14.1. The predicted octanol–water partition coefficient (Wildman–Crippen LogP) is 4.47. The quantitative estimate of drug-likeness (QED) is 0.372. The number of benzene rings is 1. The van der Waals surface area contributed by atoms with Gasteiger partial charge in [-0.3, -0.25) is 15.0 Å². The molecule has 3 aromatic rings. The SMILES string of the molecule is Cc1csc(Nc2ncc3c(n2)N(C2CCCC(NC(=O)/C=C/CN(C)C)C2)C(=O)N(Cc2ccccc2)C3)n1. The van der Waals surface area contributed by atoms with Gasteiger partial charge in [-0.15, -0.1) is 11.3 Å². The number of urea groups is 1. The number of hydrogen-bond acceptors (Lipinski definition) is 8. The van der Waals surface area contributed by atoms with Crippen LogP contribution < -0.4 is 15.5 Å². The third-order valence-corrected chi connectivity index (χ3v) is 7.94. The van der Waals surface area contributed by atoms with Crippen molar-refractivity contribution in [2.45, 2.75) is 57.8 Å². The summed E-state index contributed by atoms with van der Waals surface area (Å²) in [6, 6.07) is 9.81. The van der Waals surface area contributed by atoms with E-state index in [1.54, 1.807) is 12.3 Å². The van der Waals surface area contributed by atoms with Crippen molar-refractivity contribution in [3.63, 3.8) is 0 Å². The molecule has 1 saturated carbocycles. The molecular weight excluding hydrogens is 524 g/mol. The minimum atomic E-state index is -0.101. The summed E-state index contributed by atoms with van der Waals surface area (Å²) in [7, 11) is 3.93. The molecule has 2 aliphatic rings. The average molecular weight is 561 g/mol. The number of anilines is 3. The molecule has 2 N–H and O–H groups in total. The molecule has 11 heteroatoms. The van der Waals surface area contributed by atoms with Gasteiger partial charge in [0, 0.05) is 48.4 Å². The summed E-state index contributed by atoms with van der Waals surface area (Å²) in [5.41, 5.74) is 2.88. The number of thiazole rings is 1. The summed E-state index contributed by atoms with van der Waals surface area (Å²) in [5.74, 6) is 0.938. The number of fused-ring (bicyclic) bond motifs is 1. The second-order valence-electron chi connectivity index (χ2n) is 10.6. The summed E-state index contributed by atoms with van der Waals surface area (Å²) >= 11 is 1.49. The van der Waals surface area contributed by atoms with Crippen LogP contribution in [0.1, 0.15) is 42.5 Å². The molecule has 1 fully saturated rings. The molecule has 1 aliphatic heterocycles. The number of nitrogens with zero attached hydrogens (tertiary/aromatic N) is 6. The zero-order valence-electron chi connectivity index (χ0n) is 23.2. The van der Waals surface area contributed by atoms with E-state index in [2.05, 4.69) is 20.6 Å². The predicted molar refractivity (Wildman–Crippen MR) is 158 cm³/mol. The van der Waals surface area contributed by atoms with Gasteiger partial charge in [0.2, 0.25) is 11.9 Å². The van der Waals surface area contributed by atoms with E-state index in [4.69, 9.17) is 4.98 Å². The first kappa shape index (κ1) is 27.7. The van der Waals surface area contributed by atoms with Crippen molar-refractivity contribution >= 4 is 40.2 Å². The summed E-state index contributed by atoms with van der Waals surface area (Å²) in [6.07, 6.45) is 8.55. The van der Waals surface area contributed by atoms with E-state index in [1.165, 1.54) is 11.3 Å². The summed E-state index contributed by atoms with van der Waals surface area (Å²) in [4.78, 5) is 46.2. The average Bonchev–Trinajstić information content (AvgIpc) is 3.34. The Balaban J connectivity index is 1.39. The smallest absolute Gasteiger partial charge is 0.326 e. The largest absolute Gasteiger partial charge is 0.350 e. The van der Waals surface area contributed by atoms with Crippen LogP contribution in [0.5, 0.6) is 0 Å². The third kappa shape index (κ3) is 6.83. The van der Waals surface area contributed by atoms with Gasteiger partial charge in [0.25, 0.3) is 0 Å². The molecule has 0 bridgehead atoms. The molecule has 1 aromatic carbocycles. The highest BCUT2D eigenvalue weighted by atomic mass is 32.1. The topological polar surface area (TPSA) is 107 Å². The van der Waals surface area contributed by atoms with Gasteiger partial charge in [-0.05, 0) is 52.3 Å². The van der Waals surface area contributed by atoms with Crippen molar-refractivity contribution in [2.75, 3.05) is 30.9 Å². The number of carbonyl (C=O) groups excluding carboxylic acids is 2. The van der Waals surface area contributed by atoms with E-state index < -0.39 is 0 Å². The molecule has 40 heavy (non-hydrogen) atoms. The lowest BCUT2D eigenvalue weighted by Crippen LogP contribution is -2.54. The lowest BCUT2D eigenvalue weighted by Gasteiger charge is -2.43. The molecule has 0 radical (unpaired) electrons. The number of rotatable bonds is 9. The van der Waals surface area contributed by atoms with Gasteiger partial charge in [0.15, 0.2) is 5.13 Å². The highest BCUT2D eigenvalue weighted by molar-refractivity contribution is 7.13. The summed E-state index contributed by atoms with van der Waals surface area (Å²) < 4.78 is 0. The van der Waals surface area contributed by atoms with Crippen LogP contribution in [-0.2, 0) is 17.9 Å². The van der Waals surface area contributed by atoms with Crippen LogP contribution in [0.4, 0.5) is 21.7 Å². The first-order valence-corrected chi connectivity index (χ1v) is 14.5. The molecule has 10 nitrogen and oxygen atoms in total. The molecule has 2 aromatic heterocycles. The van der Waals surface area contributed by atoms with Crippen molar-refractivity contribution < 1.29 is 9.59 Å². The van der Waals surface area contributed by atoms with Gasteiger partial charge >= 0.3 is 6.03 Å². The Morgan fingerprint density at radius 3 is 2.77 bits per heavy atom. The van der Waals surface area contributed by atoms with Crippen LogP contribution in [0, 0.1) is 6.92 Å². The second kappa shape index (κ2) is 12.6. The number of amides is 3. The van der Waals surface area contributed by atoms with Crippen molar-refractivity contribution in [2.24, 2.45) is 0 Å². The van der Waals surface area contributed by atoms with E-state index in [9.17, 15) is 9.59 Å². The zero-order chi connectivity index (χ0) is 28.1. The minimum absolute atomic E-state index is 0.0197. The number of nitrogens with one attached hydrogen (secondary N) is 2. The van der Waals surface area contributed by atoms with E-state index in [-0.39, 0.29) is 24.0 Å². The molecule has 3 heterocycles. The molecule has 1 aliphatic carbocycles. The highest BCUT2D eigenvalue weighted by Gasteiger charge is 2.39. The van der Waals surface area contributed by atoms with Crippen molar-refractivity contribution in [1.29, 1.82) is 0 Å². The standard InChI is InChI=1S/C29H36N8O2S/c1-20-19-40-28(31-20)34-27-30-16-22-18-36(17-21-9-5-4-6-10-21)29(39)37(26(22)33-27)24-12-7-11-23(15-24)32-25(38)13-8-14-35(2)3/h4-6,8-10,13,16,19,23-24H,7,11-12,14-15,17-18H2,1-3H3,(H,32,38)(H,30,31,33,34)/b13-8+. The number of likely N-dealkylation sites (N-methyl/N-ethyl adjacent to an activating group) is 1. The molecule has 2 unspecified atom stereocenters. The zero-order valence-corrected chi connectivity index (χ0v) is 24.0. The lowest BCUT2D eigenvalue weighted by atomic mass is 9.89. The van der Waals surface area contributed by atoms with Crippen LogP contribution in [0.2, 0.25) is 0 Å². The molecule has 5 rings (SSSR count). The number of carbonyl (C=O) groups is 2. The summed E-state index contributed by atoms with van der Waals surface area (Å²) in [5, 5.41) is 9.01. The monoisotopic (exact) mass is 560 g/mol. The fraction of sp³-hybridized carbons (Fsp3) is 0.414. The second-order valence-corrected chi connectivity index (χ2v) is 11.5. The van der Waals surface area contributed by atoms with Gasteiger partial charge in [0.05, 0.1) is 12.2 Å². The number of aryl methyl sites for hydroxylation is 1. The molecule has 0 spiro atoms. The Labute approximate surface area is 239 Å². The van der Waals surface area contributed by atoms with Gasteiger partial charge < -0.3 is 15.1 Å². The fourth-order valence-corrected chi connectivity index (χ4v) is 5.89. The first-order valence-electron chi connectivity index (χ1n) is 13.6. The Hall–Kier alpha value is -3.83. The number of hydrogen-bond donors (Lipinski definition) is 2. The van der Waals surface area contributed by atoms with Crippen LogP contribution >= 0.6 is 11.3 Å². The normalized spacial score (nSPS) is 19.2.